The largest absolute Gasteiger partial charge is 0.451 e. The number of para-hydroxylation sites is 1. The molecule has 3 heterocycles. The Morgan fingerprint density at radius 3 is 2.62 bits per heavy atom. The van der Waals surface area contributed by atoms with Gasteiger partial charge in [-0.2, -0.15) is 5.10 Å². The highest BCUT2D eigenvalue weighted by Gasteiger charge is 2.19. The van der Waals surface area contributed by atoms with Crippen molar-refractivity contribution in [2.24, 2.45) is 0 Å². The summed E-state index contributed by atoms with van der Waals surface area (Å²) in [5, 5.41) is 9.31. The summed E-state index contributed by atoms with van der Waals surface area (Å²) in [7, 11) is 0. The molecule has 1 N–H and O–H groups in total. The fourth-order valence-corrected chi connectivity index (χ4v) is 4.42. The highest BCUT2D eigenvalue weighted by molar-refractivity contribution is 7.20. The minimum absolute atomic E-state index is 0.363. The van der Waals surface area contributed by atoms with Crippen molar-refractivity contribution in [2.45, 2.75) is 6.92 Å². The van der Waals surface area contributed by atoms with Crippen molar-refractivity contribution in [3.8, 4) is 5.69 Å². The molecule has 1 aromatic carbocycles. The zero-order valence-corrected chi connectivity index (χ0v) is 16.9. The molecule has 4 aromatic rings. The van der Waals surface area contributed by atoms with Crippen LogP contribution in [0.5, 0.6) is 0 Å². The number of hydrogen-bond donors (Lipinski definition) is 1. The minimum Gasteiger partial charge on any atom is -0.451 e. The van der Waals surface area contributed by atoms with E-state index in [4.69, 9.17) is 4.74 Å². The number of ether oxygens (including phenoxy) is 1. The van der Waals surface area contributed by atoms with Crippen LogP contribution in [0.15, 0.2) is 53.9 Å². The third-order valence-electron chi connectivity index (χ3n) is 4.08. The number of imide groups is 1. The number of esters is 1. The van der Waals surface area contributed by atoms with Crippen LogP contribution in [-0.2, 0) is 9.53 Å². The standard InChI is InChI=1S/C20H15N3O4S2/c1-12-14-10-16(29-19(14)23(22-12)13-6-3-2-4-7-13)20(26)27-11-17(24)21-18(25)15-8-5-9-28-15/h2-10H,11H2,1H3,(H,21,24,25). The lowest BCUT2D eigenvalue weighted by atomic mass is 10.3. The number of aromatic nitrogens is 2. The van der Waals surface area contributed by atoms with E-state index in [1.807, 2.05) is 37.3 Å². The molecule has 0 aliphatic carbocycles. The summed E-state index contributed by atoms with van der Waals surface area (Å²) in [5.41, 5.74) is 1.68. The van der Waals surface area contributed by atoms with Gasteiger partial charge in [0.05, 0.1) is 16.3 Å². The molecule has 0 saturated heterocycles. The van der Waals surface area contributed by atoms with Gasteiger partial charge in [0.1, 0.15) is 9.71 Å². The SMILES string of the molecule is Cc1nn(-c2ccccc2)c2sc(C(=O)OCC(=O)NC(=O)c3cccs3)cc12. The Morgan fingerprint density at radius 1 is 1.10 bits per heavy atom. The topological polar surface area (TPSA) is 90.3 Å². The van der Waals surface area contributed by atoms with E-state index in [0.29, 0.717) is 9.75 Å². The summed E-state index contributed by atoms with van der Waals surface area (Å²) in [4.78, 5) is 37.7. The lowest BCUT2D eigenvalue weighted by Crippen LogP contribution is -2.33. The van der Waals surface area contributed by atoms with Gasteiger partial charge in [0.15, 0.2) is 6.61 Å². The highest BCUT2D eigenvalue weighted by atomic mass is 32.1. The zero-order valence-electron chi connectivity index (χ0n) is 15.2. The van der Waals surface area contributed by atoms with E-state index < -0.39 is 24.4 Å². The number of rotatable bonds is 5. The zero-order chi connectivity index (χ0) is 20.4. The van der Waals surface area contributed by atoms with Crippen molar-refractivity contribution in [1.29, 1.82) is 0 Å². The molecular weight excluding hydrogens is 410 g/mol. The first kappa shape index (κ1) is 19.0. The van der Waals surface area contributed by atoms with Gasteiger partial charge in [0.2, 0.25) is 0 Å². The van der Waals surface area contributed by atoms with E-state index in [-0.39, 0.29) is 0 Å². The van der Waals surface area contributed by atoms with Crippen LogP contribution in [0.25, 0.3) is 15.9 Å². The number of amides is 2. The molecule has 0 fully saturated rings. The number of nitrogens with zero attached hydrogens (tertiary/aromatic N) is 2. The van der Waals surface area contributed by atoms with E-state index >= 15 is 0 Å². The number of benzene rings is 1. The van der Waals surface area contributed by atoms with Crippen LogP contribution in [-0.4, -0.2) is 34.2 Å². The molecule has 29 heavy (non-hydrogen) atoms. The Bertz CT molecular complexity index is 1190. The summed E-state index contributed by atoms with van der Waals surface area (Å²) in [5.74, 6) is -1.81. The molecule has 2 amide bonds. The Kier molecular flexibility index (Phi) is 5.24. The van der Waals surface area contributed by atoms with E-state index in [1.54, 1.807) is 28.3 Å². The van der Waals surface area contributed by atoms with Crippen molar-refractivity contribution in [3.05, 3.63) is 69.4 Å². The predicted octanol–water partition coefficient (Wildman–Crippen LogP) is 3.57. The van der Waals surface area contributed by atoms with E-state index in [0.717, 1.165) is 21.6 Å². The van der Waals surface area contributed by atoms with Gasteiger partial charge in [0, 0.05) is 5.39 Å². The Hall–Kier alpha value is -3.30. The van der Waals surface area contributed by atoms with Crippen LogP contribution in [0.3, 0.4) is 0 Å². The van der Waals surface area contributed by atoms with Crippen LogP contribution in [0.1, 0.15) is 25.0 Å². The third-order valence-corrected chi connectivity index (χ3v) is 6.04. The molecule has 0 atom stereocenters. The average Bonchev–Trinajstić information content (AvgIpc) is 3.45. The van der Waals surface area contributed by atoms with Crippen molar-refractivity contribution in [2.75, 3.05) is 6.61 Å². The molecule has 0 aliphatic rings. The van der Waals surface area contributed by atoms with Crippen LogP contribution in [0.2, 0.25) is 0 Å². The molecule has 4 rings (SSSR count). The molecule has 0 unspecified atom stereocenters. The molecule has 9 heteroatoms. The maximum Gasteiger partial charge on any atom is 0.348 e. The highest BCUT2D eigenvalue weighted by Crippen LogP contribution is 2.30. The summed E-state index contributed by atoms with van der Waals surface area (Å²) in [6.07, 6.45) is 0. The number of hydrogen-bond acceptors (Lipinski definition) is 7. The van der Waals surface area contributed by atoms with Gasteiger partial charge in [-0.15, -0.1) is 22.7 Å². The summed E-state index contributed by atoms with van der Waals surface area (Å²) in [6, 6.07) is 14.6. The molecule has 0 bridgehead atoms. The number of nitrogens with one attached hydrogen (secondary N) is 1. The minimum atomic E-state index is -0.676. The van der Waals surface area contributed by atoms with E-state index in [1.165, 1.54) is 22.7 Å². The number of aryl methyl sites for hydroxylation is 1. The second-order valence-corrected chi connectivity index (χ2v) is 8.07. The number of fused-ring (bicyclic) bond motifs is 1. The van der Waals surface area contributed by atoms with Crippen LogP contribution >= 0.6 is 22.7 Å². The summed E-state index contributed by atoms with van der Waals surface area (Å²) in [6.45, 7) is 1.33. The predicted molar refractivity (Wildman–Crippen MR) is 111 cm³/mol. The van der Waals surface area contributed by atoms with Gasteiger partial charge >= 0.3 is 5.97 Å². The van der Waals surface area contributed by atoms with Gasteiger partial charge in [-0.1, -0.05) is 24.3 Å². The van der Waals surface area contributed by atoms with Gasteiger partial charge in [-0.25, -0.2) is 9.48 Å². The Balaban J connectivity index is 1.45. The first-order chi connectivity index (χ1) is 14.0. The fourth-order valence-electron chi connectivity index (χ4n) is 2.73. The summed E-state index contributed by atoms with van der Waals surface area (Å²) < 4.78 is 6.85. The lowest BCUT2D eigenvalue weighted by molar-refractivity contribution is -0.123. The molecule has 0 spiro atoms. The Morgan fingerprint density at radius 2 is 1.90 bits per heavy atom. The number of carbonyl (C=O) groups is 3. The van der Waals surface area contributed by atoms with Crippen LogP contribution in [0.4, 0.5) is 0 Å². The van der Waals surface area contributed by atoms with Gasteiger partial charge in [-0.05, 0) is 36.6 Å². The number of carbonyl (C=O) groups excluding carboxylic acids is 3. The van der Waals surface area contributed by atoms with Crippen LogP contribution in [0, 0.1) is 6.92 Å². The van der Waals surface area contributed by atoms with Crippen LogP contribution < -0.4 is 5.32 Å². The smallest absolute Gasteiger partial charge is 0.348 e. The van der Waals surface area contributed by atoms with Crippen molar-refractivity contribution < 1.29 is 19.1 Å². The fraction of sp³-hybridized carbons (Fsp3) is 0.100. The third kappa shape index (κ3) is 3.96. The normalized spacial score (nSPS) is 10.8. The van der Waals surface area contributed by atoms with Crippen molar-refractivity contribution >= 4 is 50.7 Å². The summed E-state index contributed by atoms with van der Waals surface area (Å²) >= 11 is 2.46. The molecule has 7 nitrogen and oxygen atoms in total. The average molecular weight is 425 g/mol. The van der Waals surface area contributed by atoms with Gasteiger partial charge < -0.3 is 4.74 Å². The first-order valence-electron chi connectivity index (χ1n) is 8.62. The molecule has 3 aromatic heterocycles. The van der Waals surface area contributed by atoms with E-state index in [2.05, 4.69) is 10.4 Å². The van der Waals surface area contributed by atoms with Gasteiger partial charge in [0.25, 0.3) is 11.8 Å². The van der Waals surface area contributed by atoms with E-state index in [9.17, 15) is 14.4 Å². The molecule has 0 radical (unpaired) electrons. The quantitative estimate of drug-likeness (QED) is 0.494. The Labute approximate surface area is 173 Å². The molecule has 146 valence electrons. The lowest BCUT2D eigenvalue weighted by Gasteiger charge is -2.04. The molecule has 0 aliphatic heterocycles. The maximum absolute atomic E-state index is 12.4. The van der Waals surface area contributed by atoms with Crippen molar-refractivity contribution in [1.82, 2.24) is 15.1 Å². The molecule has 0 saturated carbocycles. The first-order valence-corrected chi connectivity index (χ1v) is 10.3. The van der Waals surface area contributed by atoms with Gasteiger partial charge in [-0.3, -0.25) is 14.9 Å². The molecular formula is C20H15N3O4S2. The second-order valence-electron chi connectivity index (χ2n) is 6.09. The second kappa shape index (κ2) is 7.98. The van der Waals surface area contributed by atoms with Crippen molar-refractivity contribution in [3.63, 3.8) is 0 Å². The monoisotopic (exact) mass is 425 g/mol. The number of thiophene rings is 2. The maximum atomic E-state index is 12.4.